The maximum absolute atomic E-state index is 11.4. The molecular formula is C28H22N6OS. The predicted molar refractivity (Wildman–Crippen MR) is 141 cm³/mol. The number of ketones is 1. The molecular weight excluding hydrogens is 468 g/mol. The molecule has 0 radical (unpaired) electrons. The number of fused-ring (bicyclic) bond motifs is 3. The van der Waals surface area contributed by atoms with Crippen molar-refractivity contribution in [3.63, 3.8) is 0 Å². The maximum Gasteiger partial charge on any atom is 0.159 e. The van der Waals surface area contributed by atoms with Crippen LogP contribution in [-0.4, -0.2) is 36.9 Å². The second kappa shape index (κ2) is 9.29. The molecule has 0 amide bonds. The molecule has 0 bridgehead atoms. The standard InChI is InChI=1S/C28H22N6OS/c1-19(35)21-5-7-24(8-6-21)30-10-2-3-26-13-25(16-36-26)34-28-23(14-31-34)12-22-11-20(4-9-27(22)28)15-33-18-29-17-32-33/h4-9,11,13-14,16-18,30H,10,12,15H2,1H3. The lowest BCUT2D eigenvalue weighted by atomic mass is 10.1. The normalized spacial score (nSPS) is 11.5. The highest BCUT2D eigenvalue weighted by molar-refractivity contribution is 7.10. The van der Waals surface area contributed by atoms with Crippen LogP contribution < -0.4 is 5.32 Å². The molecule has 3 heterocycles. The van der Waals surface area contributed by atoms with Crippen molar-refractivity contribution < 1.29 is 4.79 Å². The highest BCUT2D eigenvalue weighted by atomic mass is 32.1. The van der Waals surface area contributed by atoms with Crippen LogP contribution in [0.2, 0.25) is 0 Å². The number of anilines is 1. The Kier molecular flexibility index (Phi) is 5.68. The van der Waals surface area contributed by atoms with E-state index in [1.165, 1.54) is 22.3 Å². The van der Waals surface area contributed by atoms with Gasteiger partial charge in [-0.1, -0.05) is 30.0 Å². The smallest absolute Gasteiger partial charge is 0.159 e. The number of thiophene rings is 1. The lowest BCUT2D eigenvalue weighted by Crippen LogP contribution is -2.01. The molecule has 3 aromatic heterocycles. The van der Waals surface area contributed by atoms with Crippen LogP contribution in [0.1, 0.15) is 38.8 Å². The summed E-state index contributed by atoms with van der Waals surface area (Å²) in [5.41, 5.74) is 8.81. The summed E-state index contributed by atoms with van der Waals surface area (Å²) in [5, 5.41) is 14.3. The monoisotopic (exact) mass is 490 g/mol. The summed E-state index contributed by atoms with van der Waals surface area (Å²) in [6, 6.07) is 16.1. The molecule has 2 aromatic carbocycles. The number of hydrogen-bond acceptors (Lipinski definition) is 6. The Bertz CT molecular complexity index is 1620. The SMILES string of the molecule is CC(=O)c1ccc(NCC#Cc2cc(-n3ncc4c3-c3ccc(Cn5cncn5)cc3C4)cs2)cc1. The van der Waals surface area contributed by atoms with E-state index >= 15 is 0 Å². The molecule has 1 N–H and O–H groups in total. The minimum absolute atomic E-state index is 0.0639. The first-order chi connectivity index (χ1) is 17.6. The van der Waals surface area contributed by atoms with E-state index in [9.17, 15) is 4.79 Å². The molecule has 36 heavy (non-hydrogen) atoms. The van der Waals surface area contributed by atoms with Gasteiger partial charge in [0.1, 0.15) is 12.7 Å². The molecule has 0 atom stereocenters. The van der Waals surface area contributed by atoms with Crippen LogP contribution >= 0.6 is 11.3 Å². The number of nitrogens with one attached hydrogen (secondary N) is 1. The third-order valence-corrected chi connectivity index (χ3v) is 7.01. The molecule has 0 saturated heterocycles. The van der Waals surface area contributed by atoms with Crippen LogP contribution in [0.15, 0.2) is 72.8 Å². The Hall–Kier alpha value is -4.48. The summed E-state index contributed by atoms with van der Waals surface area (Å²) in [6.07, 6.45) is 6.14. The summed E-state index contributed by atoms with van der Waals surface area (Å²) < 4.78 is 3.86. The average molecular weight is 491 g/mol. The molecule has 8 heteroatoms. The molecule has 176 valence electrons. The number of nitrogens with zero attached hydrogens (tertiary/aromatic N) is 5. The van der Waals surface area contributed by atoms with Gasteiger partial charge in [0.15, 0.2) is 5.78 Å². The summed E-state index contributed by atoms with van der Waals surface area (Å²) >= 11 is 1.62. The molecule has 5 aromatic rings. The lowest BCUT2D eigenvalue weighted by molar-refractivity contribution is 0.101. The largest absolute Gasteiger partial charge is 0.374 e. The highest BCUT2D eigenvalue weighted by Crippen LogP contribution is 2.38. The number of benzene rings is 2. The van der Waals surface area contributed by atoms with E-state index in [4.69, 9.17) is 0 Å². The molecule has 0 aliphatic heterocycles. The van der Waals surface area contributed by atoms with E-state index in [2.05, 4.69) is 62.0 Å². The van der Waals surface area contributed by atoms with Crippen molar-refractivity contribution in [1.29, 1.82) is 0 Å². The van der Waals surface area contributed by atoms with Gasteiger partial charge in [-0.15, -0.1) is 11.3 Å². The van der Waals surface area contributed by atoms with Crippen LogP contribution in [0.5, 0.6) is 0 Å². The zero-order valence-corrected chi connectivity index (χ0v) is 20.4. The summed E-state index contributed by atoms with van der Waals surface area (Å²) in [5.74, 6) is 6.48. The Morgan fingerprint density at radius 1 is 1.11 bits per heavy atom. The molecule has 0 unspecified atom stereocenters. The second-order valence-electron chi connectivity index (χ2n) is 8.65. The summed E-state index contributed by atoms with van der Waals surface area (Å²) in [7, 11) is 0. The third-order valence-electron chi connectivity index (χ3n) is 6.18. The van der Waals surface area contributed by atoms with Gasteiger partial charge in [-0.2, -0.15) is 10.2 Å². The van der Waals surface area contributed by atoms with Crippen LogP contribution in [0, 0.1) is 11.8 Å². The van der Waals surface area contributed by atoms with E-state index < -0.39 is 0 Å². The number of Topliss-reactive ketones (excluding diaryl/α,β-unsaturated/α-hetero) is 1. The zero-order valence-electron chi connectivity index (χ0n) is 19.6. The Balaban J connectivity index is 1.15. The van der Waals surface area contributed by atoms with Gasteiger partial charge in [-0.25, -0.2) is 14.3 Å². The van der Waals surface area contributed by atoms with Crippen molar-refractivity contribution >= 4 is 22.8 Å². The molecule has 0 fully saturated rings. The molecule has 1 aliphatic carbocycles. The molecule has 7 nitrogen and oxygen atoms in total. The van der Waals surface area contributed by atoms with E-state index in [1.54, 1.807) is 30.9 Å². The van der Waals surface area contributed by atoms with Crippen molar-refractivity contribution in [3.05, 3.63) is 99.9 Å². The lowest BCUT2D eigenvalue weighted by Gasteiger charge is -2.08. The minimum atomic E-state index is 0.0639. The van der Waals surface area contributed by atoms with Gasteiger partial charge >= 0.3 is 0 Å². The number of rotatable bonds is 6. The van der Waals surface area contributed by atoms with E-state index in [0.717, 1.165) is 28.4 Å². The van der Waals surface area contributed by atoms with Gasteiger partial charge < -0.3 is 5.32 Å². The van der Waals surface area contributed by atoms with Crippen molar-refractivity contribution in [3.8, 4) is 28.8 Å². The number of aromatic nitrogens is 5. The average Bonchev–Trinajstić information content (AvgIpc) is 3.67. The van der Waals surface area contributed by atoms with E-state index in [1.807, 2.05) is 39.8 Å². The van der Waals surface area contributed by atoms with Crippen molar-refractivity contribution in [1.82, 2.24) is 24.5 Å². The third kappa shape index (κ3) is 4.32. The number of carbonyl (C=O) groups excluding carboxylic acids is 1. The van der Waals surface area contributed by atoms with Crippen LogP contribution in [-0.2, 0) is 13.0 Å². The van der Waals surface area contributed by atoms with Gasteiger partial charge in [0, 0.05) is 34.2 Å². The van der Waals surface area contributed by atoms with Gasteiger partial charge in [0.2, 0.25) is 0 Å². The minimum Gasteiger partial charge on any atom is -0.374 e. The fourth-order valence-corrected chi connectivity index (χ4v) is 5.16. The zero-order chi connectivity index (χ0) is 24.5. The van der Waals surface area contributed by atoms with Gasteiger partial charge in [-0.05, 0) is 48.4 Å². The Morgan fingerprint density at radius 3 is 2.81 bits per heavy atom. The Labute approximate surface area is 212 Å². The first-order valence-electron chi connectivity index (χ1n) is 11.6. The molecule has 6 rings (SSSR count). The fourth-order valence-electron chi connectivity index (χ4n) is 4.43. The van der Waals surface area contributed by atoms with E-state index in [-0.39, 0.29) is 5.78 Å². The van der Waals surface area contributed by atoms with Crippen molar-refractivity contribution in [2.75, 3.05) is 11.9 Å². The quantitative estimate of drug-likeness (QED) is 0.268. The predicted octanol–water partition coefficient (Wildman–Crippen LogP) is 4.81. The van der Waals surface area contributed by atoms with Gasteiger partial charge in [0.05, 0.1) is 35.5 Å². The van der Waals surface area contributed by atoms with E-state index in [0.29, 0.717) is 18.7 Å². The first kappa shape index (κ1) is 22.0. The van der Waals surface area contributed by atoms with Gasteiger partial charge in [-0.3, -0.25) is 4.79 Å². The second-order valence-corrected chi connectivity index (χ2v) is 9.56. The maximum atomic E-state index is 11.4. The summed E-state index contributed by atoms with van der Waals surface area (Å²) in [6.45, 7) is 2.80. The number of hydrogen-bond donors (Lipinski definition) is 1. The Morgan fingerprint density at radius 2 is 2.00 bits per heavy atom. The van der Waals surface area contributed by atoms with Crippen molar-refractivity contribution in [2.24, 2.45) is 0 Å². The summed E-state index contributed by atoms with van der Waals surface area (Å²) in [4.78, 5) is 16.4. The number of carbonyl (C=O) groups is 1. The highest BCUT2D eigenvalue weighted by Gasteiger charge is 2.24. The van der Waals surface area contributed by atoms with Crippen molar-refractivity contribution in [2.45, 2.75) is 19.9 Å². The van der Waals surface area contributed by atoms with Crippen LogP contribution in [0.4, 0.5) is 5.69 Å². The van der Waals surface area contributed by atoms with Crippen LogP contribution in [0.3, 0.4) is 0 Å². The molecule has 1 aliphatic rings. The van der Waals surface area contributed by atoms with Gasteiger partial charge in [0.25, 0.3) is 0 Å². The molecule has 0 saturated carbocycles. The topological polar surface area (TPSA) is 77.6 Å². The molecule has 0 spiro atoms. The fraction of sp³-hybridized carbons (Fsp3) is 0.143. The first-order valence-corrected chi connectivity index (χ1v) is 12.5. The van der Waals surface area contributed by atoms with Crippen LogP contribution in [0.25, 0.3) is 16.9 Å².